The summed E-state index contributed by atoms with van der Waals surface area (Å²) in [5.41, 5.74) is 3.15. The highest BCUT2D eigenvalue weighted by Gasteiger charge is 2.30. The molecule has 3 unspecified atom stereocenters. The van der Waals surface area contributed by atoms with E-state index >= 15 is 0 Å². The molecule has 0 aromatic heterocycles. The number of rotatable bonds is 3. The first-order valence-corrected chi connectivity index (χ1v) is 5.43. The second-order valence-corrected chi connectivity index (χ2v) is 4.75. The summed E-state index contributed by atoms with van der Waals surface area (Å²) >= 11 is 0. The van der Waals surface area contributed by atoms with Gasteiger partial charge in [-0.3, -0.25) is 0 Å². The van der Waals surface area contributed by atoms with Crippen LogP contribution in [-0.2, 0) is 4.84 Å². The summed E-state index contributed by atoms with van der Waals surface area (Å²) in [6, 6.07) is 0.564. The largest absolute Gasteiger partial charge is 0.305 e. The second kappa shape index (κ2) is 4.97. The molecule has 78 valence electrons. The molecule has 0 amide bonds. The van der Waals surface area contributed by atoms with E-state index in [-0.39, 0.29) is 0 Å². The Hall–Kier alpha value is -0.0800. The lowest BCUT2D eigenvalue weighted by Crippen LogP contribution is -2.42. The zero-order valence-corrected chi connectivity index (χ0v) is 9.34. The molecular formula is C11H23NO. The van der Waals surface area contributed by atoms with Gasteiger partial charge in [-0.15, -0.1) is 0 Å². The molecule has 0 bridgehead atoms. The molecule has 1 N–H and O–H groups in total. The Labute approximate surface area is 82.0 Å². The molecular weight excluding hydrogens is 162 g/mol. The van der Waals surface area contributed by atoms with Crippen molar-refractivity contribution in [3.8, 4) is 0 Å². The number of hydroxylamine groups is 1. The summed E-state index contributed by atoms with van der Waals surface area (Å²) in [4.78, 5) is 5.06. The van der Waals surface area contributed by atoms with Crippen LogP contribution in [0.15, 0.2) is 0 Å². The van der Waals surface area contributed by atoms with Gasteiger partial charge in [-0.2, -0.15) is 5.48 Å². The molecule has 0 aromatic carbocycles. The van der Waals surface area contributed by atoms with Gasteiger partial charge in [-0.25, -0.2) is 0 Å². The molecule has 0 aromatic rings. The lowest BCUT2D eigenvalue weighted by molar-refractivity contribution is 0.00814. The minimum absolute atomic E-state index is 0.564. The number of hydrogen-bond donors (Lipinski definition) is 1. The van der Waals surface area contributed by atoms with E-state index in [2.05, 4.69) is 26.3 Å². The zero-order valence-electron chi connectivity index (χ0n) is 9.34. The van der Waals surface area contributed by atoms with Gasteiger partial charge in [-0.1, -0.05) is 27.2 Å². The quantitative estimate of drug-likeness (QED) is 0.682. The molecule has 0 spiro atoms. The zero-order chi connectivity index (χ0) is 9.84. The van der Waals surface area contributed by atoms with E-state index in [1.807, 2.05) is 0 Å². The van der Waals surface area contributed by atoms with Crippen molar-refractivity contribution in [3.63, 3.8) is 0 Å². The number of hydrogen-bond acceptors (Lipinski definition) is 2. The predicted molar refractivity (Wildman–Crippen MR) is 55.3 cm³/mol. The van der Waals surface area contributed by atoms with E-state index in [9.17, 15) is 0 Å². The van der Waals surface area contributed by atoms with Crippen LogP contribution in [0.4, 0.5) is 0 Å². The van der Waals surface area contributed by atoms with Gasteiger partial charge in [0.25, 0.3) is 0 Å². The van der Waals surface area contributed by atoms with Gasteiger partial charge >= 0.3 is 0 Å². The van der Waals surface area contributed by atoms with Crippen LogP contribution < -0.4 is 5.48 Å². The van der Waals surface area contributed by atoms with Crippen LogP contribution in [0.1, 0.15) is 40.0 Å². The van der Waals surface area contributed by atoms with Crippen LogP contribution in [0.5, 0.6) is 0 Å². The Bertz CT molecular complexity index is 147. The second-order valence-electron chi connectivity index (χ2n) is 4.75. The Kier molecular flexibility index (Phi) is 4.20. The highest BCUT2D eigenvalue weighted by atomic mass is 16.6. The fourth-order valence-corrected chi connectivity index (χ4v) is 2.49. The summed E-state index contributed by atoms with van der Waals surface area (Å²) < 4.78 is 0. The predicted octanol–water partition coefficient (Wildman–Crippen LogP) is 2.60. The van der Waals surface area contributed by atoms with E-state index in [1.165, 1.54) is 19.3 Å². The van der Waals surface area contributed by atoms with Crippen molar-refractivity contribution in [2.24, 2.45) is 17.8 Å². The van der Waals surface area contributed by atoms with E-state index in [1.54, 1.807) is 7.11 Å². The molecule has 3 atom stereocenters. The van der Waals surface area contributed by atoms with Gasteiger partial charge in [-0.05, 0) is 30.6 Å². The lowest BCUT2D eigenvalue weighted by atomic mass is 9.74. The first kappa shape index (κ1) is 11.0. The third kappa shape index (κ3) is 2.96. The lowest BCUT2D eigenvalue weighted by Gasteiger charge is -2.37. The molecule has 0 radical (unpaired) electrons. The highest BCUT2D eigenvalue weighted by molar-refractivity contribution is 4.83. The Morgan fingerprint density at radius 1 is 1.31 bits per heavy atom. The van der Waals surface area contributed by atoms with Gasteiger partial charge in [0.1, 0.15) is 0 Å². The molecule has 13 heavy (non-hydrogen) atoms. The fourth-order valence-electron chi connectivity index (χ4n) is 2.49. The smallest absolute Gasteiger partial charge is 0.0572 e. The molecule has 2 nitrogen and oxygen atoms in total. The van der Waals surface area contributed by atoms with Crippen LogP contribution >= 0.6 is 0 Å². The van der Waals surface area contributed by atoms with Crippen LogP contribution in [0.3, 0.4) is 0 Å². The van der Waals surface area contributed by atoms with Crippen LogP contribution in [0, 0.1) is 17.8 Å². The molecule has 1 aliphatic carbocycles. The summed E-state index contributed by atoms with van der Waals surface area (Å²) in [5, 5.41) is 0. The minimum atomic E-state index is 0.564. The molecule has 2 heteroatoms. The van der Waals surface area contributed by atoms with Crippen molar-refractivity contribution < 1.29 is 4.84 Å². The number of nitrogens with one attached hydrogen (secondary N) is 1. The Morgan fingerprint density at radius 3 is 2.54 bits per heavy atom. The van der Waals surface area contributed by atoms with Crippen molar-refractivity contribution in [1.82, 2.24) is 5.48 Å². The first-order chi connectivity index (χ1) is 6.15. The van der Waals surface area contributed by atoms with Gasteiger partial charge in [0, 0.05) is 6.04 Å². The van der Waals surface area contributed by atoms with Crippen LogP contribution in [0.25, 0.3) is 0 Å². The average molecular weight is 185 g/mol. The first-order valence-electron chi connectivity index (χ1n) is 5.43. The van der Waals surface area contributed by atoms with Gasteiger partial charge in [0.05, 0.1) is 7.11 Å². The average Bonchev–Trinajstić information content (AvgIpc) is 2.04. The van der Waals surface area contributed by atoms with Crippen molar-refractivity contribution in [2.75, 3.05) is 7.11 Å². The van der Waals surface area contributed by atoms with Crippen molar-refractivity contribution in [3.05, 3.63) is 0 Å². The normalized spacial score (nSPS) is 35.3. The third-order valence-corrected chi connectivity index (χ3v) is 3.29. The van der Waals surface area contributed by atoms with Crippen molar-refractivity contribution in [2.45, 2.75) is 46.1 Å². The minimum Gasteiger partial charge on any atom is -0.305 e. The maximum atomic E-state index is 5.06. The SMILES string of the molecule is CONC1CC(C)CCC1C(C)C. The van der Waals surface area contributed by atoms with E-state index in [0.29, 0.717) is 6.04 Å². The van der Waals surface area contributed by atoms with Crippen LogP contribution in [0.2, 0.25) is 0 Å². The molecule has 1 saturated carbocycles. The van der Waals surface area contributed by atoms with E-state index in [0.717, 1.165) is 17.8 Å². The van der Waals surface area contributed by atoms with Gasteiger partial charge < -0.3 is 4.84 Å². The summed E-state index contributed by atoms with van der Waals surface area (Å²) in [6.45, 7) is 6.96. The van der Waals surface area contributed by atoms with E-state index in [4.69, 9.17) is 4.84 Å². The standard InChI is InChI=1S/C11H23NO/c1-8(2)10-6-5-9(3)7-11(10)12-13-4/h8-12H,5-7H2,1-4H3. The maximum absolute atomic E-state index is 5.06. The van der Waals surface area contributed by atoms with Crippen molar-refractivity contribution >= 4 is 0 Å². The van der Waals surface area contributed by atoms with Crippen LogP contribution in [-0.4, -0.2) is 13.2 Å². The summed E-state index contributed by atoms with van der Waals surface area (Å²) in [5.74, 6) is 2.40. The summed E-state index contributed by atoms with van der Waals surface area (Å²) in [6.07, 6.45) is 3.99. The van der Waals surface area contributed by atoms with Gasteiger partial charge in [0.2, 0.25) is 0 Å². The maximum Gasteiger partial charge on any atom is 0.0572 e. The van der Waals surface area contributed by atoms with E-state index < -0.39 is 0 Å². The van der Waals surface area contributed by atoms with Crippen molar-refractivity contribution in [1.29, 1.82) is 0 Å². The Balaban J connectivity index is 2.50. The molecule has 0 aliphatic heterocycles. The monoisotopic (exact) mass is 185 g/mol. The fraction of sp³-hybridized carbons (Fsp3) is 1.00. The molecule has 1 rings (SSSR count). The molecule has 1 fully saturated rings. The van der Waals surface area contributed by atoms with Gasteiger partial charge in [0.15, 0.2) is 0 Å². The molecule has 0 saturated heterocycles. The molecule has 0 heterocycles. The Morgan fingerprint density at radius 2 is 2.00 bits per heavy atom. The third-order valence-electron chi connectivity index (χ3n) is 3.29. The molecule has 1 aliphatic rings. The highest BCUT2D eigenvalue weighted by Crippen LogP contribution is 2.33. The topological polar surface area (TPSA) is 21.3 Å². The summed E-state index contributed by atoms with van der Waals surface area (Å²) in [7, 11) is 1.72.